The molecule has 1 heterocycles. The van der Waals surface area contributed by atoms with Crippen LogP contribution in [0.3, 0.4) is 0 Å². The Kier molecular flexibility index (Phi) is 6.20. The third-order valence-electron chi connectivity index (χ3n) is 3.61. The highest BCUT2D eigenvalue weighted by molar-refractivity contribution is 5.62. The third-order valence-corrected chi connectivity index (χ3v) is 3.61. The van der Waals surface area contributed by atoms with E-state index in [2.05, 4.69) is 46.9 Å². The Hall–Kier alpha value is -1.90. The summed E-state index contributed by atoms with van der Waals surface area (Å²) in [6.07, 6.45) is 6.50. The second kappa shape index (κ2) is 8.40. The first kappa shape index (κ1) is 15.5. The van der Waals surface area contributed by atoms with Crippen molar-refractivity contribution in [2.24, 2.45) is 0 Å². The van der Waals surface area contributed by atoms with Gasteiger partial charge in [-0.05, 0) is 12.8 Å². The van der Waals surface area contributed by atoms with E-state index in [-0.39, 0.29) is 0 Å². The van der Waals surface area contributed by atoms with Gasteiger partial charge in [0.25, 0.3) is 0 Å². The molecule has 0 unspecified atom stereocenters. The lowest BCUT2D eigenvalue weighted by Gasteiger charge is -2.23. The smallest absolute Gasteiger partial charge is 0.132 e. The molecule has 0 bridgehead atoms. The first-order chi connectivity index (χ1) is 10.3. The van der Waals surface area contributed by atoms with Crippen molar-refractivity contribution < 1.29 is 0 Å². The summed E-state index contributed by atoms with van der Waals surface area (Å²) in [6, 6.07) is 12.4. The highest BCUT2D eigenvalue weighted by Crippen LogP contribution is 2.21. The van der Waals surface area contributed by atoms with Crippen LogP contribution < -0.4 is 4.90 Å². The number of unbranched alkanes of at least 4 members (excludes halogenated alkanes) is 2. The van der Waals surface area contributed by atoms with Crippen molar-refractivity contribution in [3.05, 3.63) is 42.7 Å². The quantitative estimate of drug-likeness (QED) is 0.711. The van der Waals surface area contributed by atoms with Crippen molar-refractivity contribution in [1.29, 1.82) is 0 Å². The molecule has 0 aliphatic carbocycles. The van der Waals surface area contributed by atoms with E-state index in [0.717, 1.165) is 30.2 Å². The standard InChI is InChI=1S/C18H25N3/c1-3-5-12-21(13-6-4-2)18-14-17(19-15-20-18)16-10-8-7-9-11-16/h7-11,14-15H,3-6,12-13H2,1-2H3. The summed E-state index contributed by atoms with van der Waals surface area (Å²) in [5.74, 6) is 1.05. The van der Waals surface area contributed by atoms with Crippen LogP contribution >= 0.6 is 0 Å². The highest BCUT2D eigenvalue weighted by atomic mass is 15.2. The van der Waals surface area contributed by atoms with Gasteiger partial charge in [-0.15, -0.1) is 0 Å². The van der Waals surface area contributed by atoms with Gasteiger partial charge in [-0.1, -0.05) is 57.0 Å². The molecule has 2 rings (SSSR count). The molecular weight excluding hydrogens is 258 g/mol. The van der Waals surface area contributed by atoms with E-state index in [1.807, 2.05) is 18.2 Å². The molecule has 0 amide bonds. The summed E-state index contributed by atoms with van der Waals surface area (Å²) < 4.78 is 0. The molecule has 21 heavy (non-hydrogen) atoms. The Morgan fingerprint density at radius 2 is 1.57 bits per heavy atom. The molecule has 0 saturated heterocycles. The summed E-state index contributed by atoms with van der Waals surface area (Å²) in [6.45, 7) is 6.60. The van der Waals surface area contributed by atoms with Crippen molar-refractivity contribution in [3.63, 3.8) is 0 Å². The number of anilines is 1. The first-order valence-corrected chi connectivity index (χ1v) is 7.97. The molecular formula is C18H25N3. The van der Waals surface area contributed by atoms with Gasteiger partial charge >= 0.3 is 0 Å². The Morgan fingerprint density at radius 3 is 2.19 bits per heavy atom. The largest absolute Gasteiger partial charge is 0.357 e. The van der Waals surface area contributed by atoms with E-state index >= 15 is 0 Å². The number of rotatable bonds is 8. The predicted molar refractivity (Wildman–Crippen MR) is 89.5 cm³/mol. The van der Waals surface area contributed by atoms with E-state index in [1.165, 1.54) is 25.7 Å². The van der Waals surface area contributed by atoms with E-state index in [1.54, 1.807) is 6.33 Å². The molecule has 0 aliphatic rings. The van der Waals surface area contributed by atoms with E-state index in [4.69, 9.17) is 0 Å². The molecule has 3 nitrogen and oxygen atoms in total. The zero-order valence-corrected chi connectivity index (χ0v) is 13.1. The van der Waals surface area contributed by atoms with Crippen LogP contribution in [0.4, 0.5) is 5.82 Å². The van der Waals surface area contributed by atoms with Crippen LogP contribution in [0.1, 0.15) is 39.5 Å². The van der Waals surface area contributed by atoms with E-state index in [0.29, 0.717) is 0 Å². The molecule has 1 aromatic heterocycles. The van der Waals surface area contributed by atoms with Gasteiger partial charge in [0, 0.05) is 24.7 Å². The van der Waals surface area contributed by atoms with Crippen molar-refractivity contribution in [3.8, 4) is 11.3 Å². The lowest BCUT2D eigenvalue weighted by Crippen LogP contribution is -2.26. The van der Waals surface area contributed by atoms with Gasteiger partial charge in [0.1, 0.15) is 12.1 Å². The molecule has 0 atom stereocenters. The molecule has 1 aromatic carbocycles. The number of nitrogens with zero attached hydrogens (tertiary/aromatic N) is 3. The second-order valence-corrected chi connectivity index (χ2v) is 5.32. The monoisotopic (exact) mass is 283 g/mol. The summed E-state index contributed by atoms with van der Waals surface area (Å²) in [5, 5.41) is 0. The summed E-state index contributed by atoms with van der Waals surface area (Å²) in [7, 11) is 0. The first-order valence-electron chi connectivity index (χ1n) is 7.97. The molecule has 0 aliphatic heterocycles. The zero-order chi connectivity index (χ0) is 14.9. The molecule has 0 fully saturated rings. The molecule has 0 saturated carbocycles. The second-order valence-electron chi connectivity index (χ2n) is 5.32. The van der Waals surface area contributed by atoms with Crippen molar-refractivity contribution >= 4 is 5.82 Å². The van der Waals surface area contributed by atoms with Crippen LogP contribution in [0.15, 0.2) is 42.7 Å². The lowest BCUT2D eigenvalue weighted by atomic mass is 10.1. The van der Waals surface area contributed by atoms with Gasteiger partial charge in [-0.2, -0.15) is 0 Å². The fraction of sp³-hybridized carbons (Fsp3) is 0.444. The third kappa shape index (κ3) is 4.55. The highest BCUT2D eigenvalue weighted by Gasteiger charge is 2.09. The van der Waals surface area contributed by atoms with Crippen molar-refractivity contribution in [2.75, 3.05) is 18.0 Å². The molecule has 3 heteroatoms. The maximum absolute atomic E-state index is 4.49. The number of hydrogen-bond acceptors (Lipinski definition) is 3. The molecule has 0 spiro atoms. The average Bonchev–Trinajstić information content (AvgIpc) is 2.56. The minimum absolute atomic E-state index is 0.999. The number of benzene rings is 1. The molecule has 0 radical (unpaired) electrons. The Bertz CT molecular complexity index is 517. The van der Waals surface area contributed by atoms with Crippen LogP contribution in [0, 0.1) is 0 Å². The summed E-state index contributed by atoms with van der Waals surface area (Å²) in [5.41, 5.74) is 2.14. The van der Waals surface area contributed by atoms with Gasteiger partial charge in [0.15, 0.2) is 0 Å². The maximum Gasteiger partial charge on any atom is 0.132 e. The van der Waals surface area contributed by atoms with Crippen LogP contribution in [0.25, 0.3) is 11.3 Å². The minimum atomic E-state index is 0.999. The Morgan fingerprint density at radius 1 is 0.905 bits per heavy atom. The SMILES string of the molecule is CCCCN(CCCC)c1cc(-c2ccccc2)ncn1. The fourth-order valence-electron chi connectivity index (χ4n) is 2.33. The Balaban J connectivity index is 2.20. The van der Waals surface area contributed by atoms with Crippen molar-refractivity contribution in [2.45, 2.75) is 39.5 Å². The zero-order valence-electron chi connectivity index (χ0n) is 13.1. The molecule has 2 aromatic rings. The molecule has 0 N–H and O–H groups in total. The van der Waals surface area contributed by atoms with Crippen molar-refractivity contribution in [1.82, 2.24) is 9.97 Å². The van der Waals surface area contributed by atoms with E-state index < -0.39 is 0 Å². The maximum atomic E-state index is 4.49. The van der Waals surface area contributed by atoms with Gasteiger partial charge in [-0.25, -0.2) is 9.97 Å². The topological polar surface area (TPSA) is 29.0 Å². The number of aromatic nitrogens is 2. The number of hydrogen-bond donors (Lipinski definition) is 0. The van der Waals surface area contributed by atoms with Gasteiger partial charge < -0.3 is 4.90 Å². The fourth-order valence-corrected chi connectivity index (χ4v) is 2.33. The minimum Gasteiger partial charge on any atom is -0.357 e. The van der Waals surface area contributed by atoms with Crippen LogP contribution in [-0.4, -0.2) is 23.1 Å². The summed E-state index contributed by atoms with van der Waals surface area (Å²) in [4.78, 5) is 11.3. The average molecular weight is 283 g/mol. The van der Waals surface area contributed by atoms with Crippen LogP contribution in [-0.2, 0) is 0 Å². The normalized spacial score (nSPS) is 10.6. The van der Waals surface area contributed by atoms with Gasteiger partial charge in [-0.3, -0.25) is 0 Å². The van der Waals surface area contributed by atoms with Crippen LogP contribution in [0.2, 0.25) is 0 Å². The lowest BCUT2D eigenvalue weighted by molar-refractivity contribution is 0.670. The molecule has 112 valence electrons. The van der Waals surface area contributed by atoms with E-state index in [9.17, 15) is 0 Å². The van der Waals surface area contributed by atoms with Gasteiger partial charge in [0.05, 0.1) is 5.69 Å². The van der Waals surface area contributed by atoms with Crippen LogP contribution in [0.5, 0.6) is 0 Å². The van der Waals surface area contributed by atoms with Gasteiger partial charge in [0.2, 0.25) is 0 Å². The predicted octanol–water partition coefficient (Wildman–Crippen LogP) is 4.55. The Labute approximate surface area is 128 Å². The summed E-state index contributed by atoms with van der Waals surface area (Å²) >= 11 is 0.